The van der Waals surface area contributed by atoms with Crippen LogP contribution in [0.5, 0.6) is 11.5 Å². The van der Waals surface area contributed by atoms with Crippen molar-refractivity contribution >= 4 is 27.5 Å². The topological polar surface area (TPSA) is 52.8 Å². The van der Waals surface area contributed by atoms with Crippen LogP contribution in [-0.2, 0) is 11.8 Å². The fraction of sp³-hybridized carbons (Fsp3) is 0.222. The van der Waals surface area contributed by atoms with Gasteiger partial charge in [0.15, 0.2) is 22.9 Å². The van der Waals surface area contributed by atoms with Gasteiger partial charge < -0.3 is 14.0 Å². The molecule has 0 radical (unpaired) electrons. The fourth-order valence-electron chi connectivity index (χ4n) is 2.31. The third-order valence-electron chi connectivity index (χ3n) is 3.44. The largest absolute Gasteiger partial charge is 0.490 e. The molecular weight excluding hydrogens is 324 g/mol. The minimum absolute atomic E-state index is 0.127. The van der Waals surface area contributed by atoms with Crippen molar-refractivity contribution in [3.63, 3.8) is 0 Å². The van der Waals surface area contributed by atoms with Gasteiger partial charge in [0, 0.05) is 7.05 Å². The summed E-state index contributed by atoms with van der Waals surface area (Å²) < 4.78 is 14.0. The van der Waals surface area contributed by atoms with Crippen molar-refractivity contribution in [1.82, 2.24) is 4.57 Å². The van der Waals surface area contributed by atoms with E-state index < -0.39 is 0 Å². The molecule has 0 bridgehead atoms. The smallest absolute Gasteiger partial charge is 0.286 e. The van der Waals surface area contributed by atoms with Gasteiger partial charge in [0.1, 0.15) is 0 Å². The Morgan fingerprint density at radius 1 is 1.08 bits per heavy atom. The van der Waals surface area contributed by atoms with Gasteiger partial charge in [-0.1, -0.05) is 35.6 Å². The van der Waals surface area contributed by atoms with Gasteiger partial charge in [-0.05, 0) is 31.2 Å². The predicted octanol–water partition coefficient (Wildman–Crippen LogP) is 3.14. The molecule has 0 N–H and O–H groups in total. The molecule has 124 valence electrons. The molecule has 0 unspecified atom stereocenters. The van der Waals surface area contributed by atoms with E-state index in [4.69, 9.17) is 9.47 Å². The third kappa shape index (κ3) is 3.49. The molecule has 3 aromatic rings. The van der Waals surface area contributed by atoms with E-state index >= 15 is 0 Å². The Morgan fingerprint density at radius 3 is 2.46 bits per heavy atom. The minimum Gasteiger partial charge on any atom is -0.490 e. The molecule has 1 amide bonds. The number of rotatable bonds is 5. The van der Waals surface area contributed by atoms with Gasteiger partial charge in [0.05, 0.1) is 16.8 Å². The van der Waals surface area contributed by atoms with Gasteiger partial charge in [-0.15, -0.1) is 0 Å². The highest BCUT2D eigenvalue weighted by Gasteiger charge is 2.08. The van der Waals surface area contributed by atoms with E-state index in [0.717, 1.165) is 10.2 Å². The average Bonchev–Trinajstić information content (AvgIpc) is 2.91. The lowest BCUT2D eigenvalue weighted by Crippen LogP contribution is -2.17. The summed E-state index contributed by atoms with van der Waals surface area (Å²) in [7, 11) is 1.90. The Labute approximate surface area is 143 Å². The van der Waals surface area contributed by atoms with E-state index in [0.29, 0.717) is 22.9 Å². The highest BCUT2D eigenvalue weighted by Crippen LogP contribution is 2.26. The maximum Gasteiger partial charge on any atom is 0.286 e. The molecular formula is C18H18N2O3S. The van der Waals surface area contributed by atoms with Gasteiger partial charge >= 0.3 is 0 Å². The van der Waals surface area contributed by atoms with Crippen molar-refractivity contribution in [3.05, 3.63) is 53.3 Å². The predicted molar refractivity (Wildman–Crippen MR) is 94.5 cm³/mol. The molecule has 24 heavy (non-hydrogen) atoms. The number of thiazole rings is 1. The average molecular weight is 342 g/mol. The lowest BCUT2D eigenvalue weighted by Gasteiger charge is -2.09. The van der Waals surface area contributed by atoms with Gasteiger partial charge in [-0.3, -0.25) is 4.79 Å². The number of nitrogens with zero attached hydrogens (tertiary/aromatic N) is 2. The zero-order chi connectivity index (χ0) is 16.9. The van der Waals surface area contributed by atoms with Crippen molar-refractivity contribution in [2.75, 3.05) is 13.2 Å². The zero-order valence-corrected chi connectivity index (χ0v) is 14.4. The lowest BCUT2D eigenvalue weighted by atomic mass is 10.3. The summed E-state index contributed by atoms with van der Waals surface area (Å²) in [5.41, 5.74) is 1.05. The van der Waals surface area contributed by atoms with Crippen LogP contribution in [-0.4, -0.2) is 23.7 Å². The number of carbonyl (C=O) groups excluding carboxylic acids is 1. The number of carbonyl (C=O) groups is 1. The second-order valence-corrected chi connectivity index (χ2v) is 6.09. The summed E-state index contributed by atoms with van der Waals surface area (Å²) in [5.74, 6) is 0.840. The van der Waals surface area contributed by atoms with Crippen LogP contribution in [0.4, 0.5) is 0 Å². The van der Waals surface area contributed by atoms with E-state index in [9.17, 15) is 4.79 Å². The first-order valence-electron chi connectivity index (χ1n) is 7.65. The van der Waals surface area contributed by atoms with Gasteiger partial charge in [0.2, 0.25) is 0 Å². The highest BCUT2D eigenvalue weighted by molar-refractivity contribution is 7.16. The second-order valence-electron chi connectivity index (χ2n) is 5.09. The normalized spacial score (nSPS) is 11.7. The summed E-state index contributed by atoms with van der Waals surface area (Å²) in [6.45, 7) is 2.31. The van der Waals surface area contributed by atoms with Crippen LogP contribution in [0.15, 0.2) is 53.5 Å². The van der Waals surface area contributed by atoms with Crippen LogP contribution in [0.3, 0.4) is 0 Å². The first kappa shape index (κ1) is 16.3. The number of amides is 1. The number of benzene rings is 2. The summed E-state index contributed by atoms with van der Waals surface area (Å²) in [4.78, 5) is 17.0. The molecule has 0 aliphatic carbocycles. The Morgan fingerprint density at radius 2 is 1.75 bits per heavy atom. The number of aryl methyl sites for hydroxylation is 1. The zero-order valence-electron chi connectivity index (χ0n) is 13.6. The van der Waals surface area contributed by atoms with E-state index in [1.807, 2.05) is 61.0 Å². The molecule has 0 spiro atoms. The van der Waals surface area contributed by atoms with Crippen molar-refractivity contribution < 1.29 is 14.3 Å². The molecule has 0 saturated carbocycles. The third-order valence-corrected chi connectivity index (χ3v) is 4.55. The first-order valence-corrected chi connectivity index (χ1v) is 8.47. The van der Waals surface area contributed by atoms with Crippen molar-refractivity contribution in [2.24, 2.45) is 12.0 Å². The molecule has 3 rings (SSSR count). The van der Waals surface area contributed by atoms with Crippen molar-refractivity contribution in [3.8, 4) is 11.5 Å². The van der Waals surface area contributed by atoms with Gasteiger partial charge in [0.25, 0.3) is 5.91 Å². The quantitative estimate of drug-likeness (QED) is 0.716. The summed E-state index contributed by atoms with van der Waals surface area (Å²) in [6.07, 6.45) is 0. The number of hydrogen-bond acceptors (Lipinski definition) is 4. The van der Waals surface area contributed by atoms with Crippen LogP contribution in [0, 0.1) is 0 Å². The van der Waals surface area contributed by atoms with Gasteiger partial charge in [-0.25, -0.2) is 0 Å². The number of para-hydroxylation sites is 3. The molecule has 1 aromatic heterocycles. The van der Waals surface area contributed by atoms with Crippen LogP contribution in [0.25, 0.3) is 10.2 Å². The molecule has 0 aliphatic heterocycles. The van der Waals surface area contributed by atoms with E-state index in [1.165, 1.54) is 11.3 Å². The highest BCUT2D eigenvalue weighted by atomic mass is 32.1. The summed E-state index contributed by atoms with van der Waals surface area (Å²) in [5, 5.41) is 0. The number of fused-ring (bicyclic) bond motifs is 1. The number of ether oxygens (including phenoxy) is 2. The first-order chi connectivity index (χ1) is 11.7. The minimum atomic E-state index is -0.330. The van der Waals surface area contributed by atoms with Crippen LogP contribution >= 0.6 is 11.3 Å². The van der Waals surface area contributed by atoms with Gasteiger partial charge in [-0.2, -0.15) is 4.99 Å². The Hall–Kier alpha value is -2.60. The molecule has 0 saturated heterocycles. The second kappa shape index (κ2) is 7.31. The van der Waals surface area contributed by atoms with Crippen LogP contribution < -0.4 is 14.3 Å². The maximum atomic E-state index is 12.1. The SMILES string of the molecule is CCOc1ccccc1OCC(=O)N=c1sc2ccccc2n1C. The van der Waals surface area contributed by atoms with E-state index in [-0.39, 0.29) is 12.5 Å². The summed E-state index contributed by atoms with van der Waals surface area (Å²) in [6, 6.07) is 15.2. The lowest BCUT2D eigenvalue weighted by molar-refractivity contribution is -0.120. The van der Waals surface area contributed by atoms with Crippen LogP contribution in [0.1, 0.15) is 6.92 Å². The van der Waals surface area contributed by atoms with Crippen LogP contribution in [0.2, 0.25) is 0 Å². The standard InChI is InChI=1S/C18H18N2O3S/c1-3-22-14-9-5-6-10-15(14)23-12-17(21)19-18-20(2)13-8-4-7-11-16(13)24-18/h4-11H,3,12H2,1-2H3. The number of hydrogen-bond donors (Lipinski definition) is 0. The summed E-state index contributed by atoms with van der Waals surface area (Å²) >= 11 is 1.48. The van der Waals surface area contributed by atoms with E-state index in [2.05, 4.69) is 4.99 Å². The number of aromatic nitrogens is 1. The van der Waals surface area contributed by atoms with Crippen molar-refractivity contribution in [2.45, 2.75) is 6.92 Å². The van der Waals surface area contributed by atoms with E-state index in [1.54, 1.807) is 6.07 Å². The molecule has 5 nitrogen and oxygen atoms in total. The molecule has 6 heteroatoms. The fourth-order valence-corrected chi connectivity index (χ4v) is 3.35. The molecule has 1 heterocycles. The Kier molecular flexibility index (Phi) is 4.96. The monoisotopic (exact) mass is 342 g/mol. The Balaban J connectivity index is 1.77. The Bertz CT molecular complexity index is 927. The molecule has 2 aromatic carbocycles. The maximum absolute atomic E-state index is 12.1. The molecule has 0 aliphatic rings. The molecule has 0 atom stereocenters. The van der Waals surface area contributed by atoms with Crippen molar-refractivity contribution in [1.29, 1.82) is 0 Å². The molecule has 0 fully saturated rings.